The third-order valence-corrected chi connectivity index (χ3v) is 5.40. The molecule has 3 aromatic rings. The van der Waals surface area contributed by atoms with Crippen LogP contribution in [-0.2, 0) is 12.8 Å². The van der Waals surface area contributed by atoms with Gasteiger partial charge in [0.15, 0.2) is 0 Å². The Bertz CT molecular complexity index is 1050. The number of hydrogen-bond donors (Lipinski definition) is 1. The van der Waals surface area contributed by atoms with E-state index < -0.39 is 0 Å². The molecule has 0 saturated carbocycles. The minimum Gasteiger partial charge on any atom is -0.351 e. The molecule has 0 saturated heterocycles. The molecule has 1 aromatic heterocycles. The molecule has 0 fully saturated rings. The van der Waals surface area contributed by atoms with Gasteiger partial charge in [-0.25, -0.2) is 4.98 Å². The quantitative estimate of drug-likeness (QED) is 0.637. The van der Waals surface area contributed by atoms with Crippen molar-refractivity contribution >= 4 is 17.5 Å². The van der Waals surface area contributed by atoms with Crippen molar-refractivity contribution in [2.24, 2.45) is 0 Å². The number of nitrogens with one attached hydrogen (secondary N) is 1. The smallest absolute Gasteiger partial charge is 0.277 e. The van der Waals surface area contributed by atoms with Gasteiger partial charge >= 0.3 is 0 Å². The Morgan fingerprint density at radius 2 is 1.70 bits per heavy atom. The second-order valence-electron chi connectivity index (χ2n) is 7.61. The summed E-state index contributed by atoms with van der Waals surface area (Å²) in [6.45, 7) is 2.59. The number of anilines is 1. The molecule has 30 heavy (non-hydrogen) atoms. The largest absolute Gasteiger partial charge is 0.351 e. The minimum atomic E-state index is -0.257. The second-order valence-corrected chi connectivity index (χ2v) is 7.61. The highest BCUT2D eigenvalue weighted by molar-refractivity contribution is 6.07. The van der Waals surface area contributed by atoms with Gasteiger partial charge in [0, 0.05) is 18.3 Å². The van der Waals surface area contributed by atoms with Crippen LogP contribution in [-0.4, -0.2) is 29.4 Å². The van der Waals surface area contributed by atoms with E-state index in [9.17, 15) is 9.59 Å². The van der Waals surface area contributed by atoms with Gasteiger partial charge < -0.3 is 10.2 Å². The monoisotopic (exact) mass is 399 g/mol. The molecule has 1 N–H and O–H groups in total. The summed E-state index contributed by atoms with van der Waals surface area (Å²) in [4.78, 5) is 31.8. The maximum absolute atomic E-state index is 13.1. The number of rotatable bonds is 6. The van der Waals surface area contributed by atoms with Crippen LogP contribution in [0.15, 0.2) is 72.8 Å². The van der Waals surface area contributed by atoms with Gasteiger partial charge in [-0.05, 0) is 55.5 Å². The third-order valence-electron chi connectivity index (χ3n) is 5.40. The fraction of sp³-hybridized carbons (Fsp3) is 0.240. The molecule has 152 valence electrons. The van der Waals surface area contributed by atoms with E-state index in [1.807, 2.05) is 49.4 Å². The lowest BCUT2D eigenvalue weighted by Crippen LogP contribution is -2.36. The lowest BCUT2D eigenvalue weighted by molar-refractivity contribution is 0.0947. The van der Waals surface area contributed by atoms with Crippen LogP contribution in [0.2, 0.25) is 0 Å². The first-order valence-electron chi connectivity index (χ1n) is 10.3. The van der Waals surface area contributed by atoms with E-state index in [1.54, 1.807) is 23.1 Å². The van der Waals surface area contributed by atoms with Crippen molar-refractivity contribution in [3.63, 3.8) is 0 Å². The highest BCUT2D eigenvalue weighted by Gasteiger charge is 2.32. The molecule has 4 rings (SSSR count). The zero-order valence-corrected chi connectivity index (χ0v) is 17.0. The maximum atomic E-state index is 13.1. The van der Waals surface area contributed by atoms with Crippen LogP contribution in [0.5, 0.6) is 0 Å². The highest BCUT2D eigenvalue weighted by atomic mass is 16.2. The third kappa shape index (κ3) is 4.25. The predicted octanol–water partition coefficient (Wildman–Crippen LogP) is 4.04. The van der Waals surface area contributed by atoms with E-state index in [4.69, 9.17) is 0 Å². The maximum Gasteiger partial charge on any atom is 0.277 e. The van der Waals surface area contributed by atoms with Crippen molar-refractivity contribution in [1.82, 2.24) is 10.3 Å². The van der Waals surface area contributed by atoms with Gasteiger partial charge in [-0.1, -0.05) is 54.6 Å². The van der Waals surface area contributed by atoms with Crippen LogP contribution in [0, 0.1) is 0 Å². The van der Waals surface area contributed by atoms with E-state index in [1.165, 1.54) is 5.56 Å². The molecule has 1 unspecified atom stereocenters. The van der Waals surface area contributed by atoms with Crippen molar-refractivity contribution in [1.29, 1.82) is 0 Å². The summed E-state index contributed by atoms with van der Waals surface area (Å²) in [7, 11) is 0. The Morgan fingerprint density at radius 1 is 0.967 bits per heavy atom. The van der Waals surface area contributed by atoms with Crippen LogP contribution in [0.3, 0.4) is 0 Å². The van der Waals surface area contributed by atoms with E-state index in [-0.39, 0.29) is 29.2 Å². The number of aromatic nitrogens is 1. The average molecular weight is 399 g/mol. The molecule has 5 nitrogen and oxygen atoms in total. The number of amides is 2. The molecule has 0 bridgehead atoms. The number of carbonyl (C=O) groups excluding carboxylic acids is 2. The standard InChI is InChI=1S/C25H25N3O2/c1-18-17-20-12-5-6-15-23(20)28(18)25(30)22-14-7-13-21(27-22)24(29)26-16-8-11-19-9-3-2-4-10-19/h2-7,9-10,12-15,18H,8,11,16-17H2,1H3,(H,26,29). The Morgan fingerprint density at radius 3 is 2.53 bits per heavy atom. The van der Waals surface area contributed by atoms with Crippen LogP contribution < -0.4 is 10.2 Å². The number of fused-ring (bicyclic) bond motifs is 1. The molecule has 2 aromatic carbocycles. The second kappa shape index (κ2) is 8.91. The van der Waals surface area contributed by atoms with Gasteiger partial charge in [0.05, 0.1) is 0 Å². The molecule has 1 atom stereocenters. The lowest BCUT2D eigenvalue weighted by Gasteiger charge is -2.22. The van der Waals surface area contributed by atoms with Gasteiger partial charge in [0.1, 0.15) is 11.4 Å². The van der Waals surface area contributed by atoms with Gasteiger partial charge in [-0.2, -0.15) is 0 Å². The van der Waals surface area contributed by atoms with Gasteiger partial charge in [0.25, 0.3) is 11.8 Å². The fourth-order valence-electron chi connectivity index (χ4n) is 3.91. The van der Waals surface area contributed by atoms with Gasteiger partial charge in [-0.15, -0.1) is 0 Å². The van der Waals surface area contributed by atoms with E-state index in [0.29, 0.717) is 6.54 Å². The predicted molar refractivity (Wildman–Crippen MR) is 118 cm³/mol. The molecular weight excluding hydrogens is 374 g/mol. The molecule has 2 amide bonds. The van der Waals surface area contributed by atoms with Crippen LogP contribution >= 0.6 is 0 Å². The molecule has 5 heteroatoms. The number of pyridine rings is 1. The topological polar surface area (TPSA) is 62.3 Å². The van der Waals surface area contributed by atoms with Crippen LogP contribution in [0.4, 0.5) is 5.69 Å². The first kappa shape index (κ1) is 19.8. The summed E-state index contributed by atoms with van der Waals surface area (Å²) in [5, 5.41) is 2.90. The Kier molecular flexibility index (Phi) is 5.89. The summed E-state index contributed by atoms with van der Waals surface area (Å²) in [6.07, 6.45) is 2.57. The Balaban J connectivity index is 1.40. The number of hydrogen-bond acceptors (Lipinski definition) is 3. The average Bonchev–Trinajstić information content (AvgIpc) is 3.12. The van der Waals surface area contributed by atoms with Crippen molar-refractivity contribution in [2.45, 2.75) is 32.2 Å². The van der Waals surface area contributed by atoms with E-state index in [2.05, 4.69) is 22.4 Å². The molecule has 0 aliphatic carbocycles. The van der Waals surface area contributed by atoms with Crippen LogP contribution in [0.25, 0.3) is 0 Å². The highest BCUT2D eigenvalue weighted by Crippen LogP contribution is 2.32. The summed E-state index contributed by atoms with van der Waals surface area (Å²) in [5.41, 5.74) is 3.88. The molecule has 0 spiro atoms. The molecule has 1 aliphatic rings. The zero-order valence-electron chi connectivity index (χ0n) is 17.0. The van der Waals surface area contributed by atoms with E-state index in [0.717, 1.165) is 30.5 Å². The Hall–Kier alpha value is -3.47. The molecule has 1 aliphatic heterocycles. The SMILES string of the molecule is CC1Cc2ccccc2N1C(=O)c1cccc(C(=O)NCCCc2ccccc2)n1. The van der Waals surface area contributed by atoms with Crippen molar-refractivity contribution in [3.05, 3.63) is 95.3 Å². The van der Waals surface area contributed by atoms with Crippen molar-refractivity contribution < 1.29 is 9.59 Å². The minimum absolute atomic E-state index is 0.0622. The summed E-state index contributed by atoms with van der Waals surface area (Å²) in [5.74, 6) is -0.432. The zero-order chi connectivity index (χ0) is 20.9. The van der Waals surface area contributed by atoms with Crippen LogP contribution in [0.1, 0.15) is 45.4 Å². The summed E-state index contributed by atoms with van der Waals surface area (Å²) >= 11 is 0. The van der Waals surface area contributed by atoms with Gasteiger partial charge in [-0.3, -0.25) is 9.59 Å². The number of para-hydroxylation sites is 1. The number of carbonyl (C=O) groups is 2. The van der Waals surface area contributed by atoms with Crippen molar-refractivity contribution in [3.8, 4) is 0 Å². The summed E-state index contributed by atoms with van der Waals surface area (Å²) < 4.78 is 0. The first-order valence-corrected chi connectivity index (χ1v) is 10.3. The molecule has 0 radical (unpaired) electrons. The number of benzene rings is 2. The Labute approximate surface area is 176 Å². The molecular formula is C25H25N3O2. The lowest BCUT2D eigenvalue weighted by atomic mass is 10.1. The number of nitrogens with zero attached hydrogens (tertiary/aromatic N) is 2. The fourth-order valence-corrected chi connectivity index (χ4v) is 3.91. The van der Waals surface area contributed by atoms with E-state index >= 15 is 0 Å². The first-order chi connectivity index (χ1) is 14.6. The number of aryl methyl sites for hydroxylation is 1. The normalized spacial score (nSPS) is 15.0. The van der Waals surface area contributed by atoms with Crippen molar-refractivity contribution in [2.75, 3.05) is 11.4 Å². The van der Waals surface area contributed by atoms with Gasteiger partial charge in [0.2, 0.25) is 0 Å². The molecule has 2 heterocycles. The summed E-state index contributed by atoms with van der Waals surface area (Å²) in [6, 6.07) is 23.2.